The van der Waals surface area contributed by atoms with Crippen molar-refractivity contribution in [2.45, 2.75) is 20.8 Å². The molecule has 0 aromatic heterocycles. The Morgan fingerprint density at radius 1 is 0.913 bits per heavy atom. The lowest BCUT2D eigenvalue weighted by Gasteiger charge is -2.19. The molecule has 5 heteroatoms. The molecule has 0 aliphatic heterocycles. The summed E-state index contributed by atoms with van der Waals surface area (Å²) in [4.78, 5) is 12.3. The van der Waals surface area contributed by atoms with Gasteiger partial charge in [-0.15, -0.1) is 0 Å². The first-order valence-corrected chi connectivity index (χ1v) is 8.78. The van der Waals surface area contributed by atoms with Crippen molar-refractivity contribution in [3.63, 3.8) is 0 Å². The Kier molecular flexibility index (Phi) is 5.41. The van der Waals surface area contributed by atoms with Crippen LogP contribution in [0.5, 0.6) is 11.5 Å². The average molecular weight is 330 g/mol. The van der Waals surface area contributed by atoms with Crippen molar-refractivity contribution in [1.82, 2.24) is 0 Å². The highest BCUT2D eigenvalue weighted by Gasteiger charge is 2.37. The summed E-state index contributed by atoms with van der Waals surface area (Å²) in [5, 5.41) is 0. The molecule has 0 unspecified atom stereocenters. The van der Waals surface area contributed by atoms with Gasteiger partial charge in [-0.05, 0) is 50.1 Å². The minimum atomic E-state index is -4.05. The first-order valence-electron chi connectivity index (χ1n) is 7.24. The van der Waals surface area contributed by atoms with Gasteiger partial charge in [-0.25, -0.2) is 4.57 Å². The van der Waals surface area contributed by atoms with Crippen LogP contribution in [0.4, 0.5) is 0 Å². The molecule has 0 spiro atoms. The van der Waals surface area contributed by atoms with Crippen molar-refractivity contribution in [3.8, 4) is 11.5 Å². The van der Waals surface area contributed by atoms with Crippen molar-refractivity contribution in [2.24, 2.45) is 0 Å². The molecule has 2 rings (SSSR count). The van der Waals surface area contributed by atoms with E-state index in [1.54, 1.807) is 31.2 Å². The fourth-order valence-electron chi connectivity index (χ4n) is 1.92. The highest BCUT2D eigenvalue weighted by molar-refractivity contribution is 7.73. The lowest BCUT2D eigenvalue weighted by molar-refractivity contribution is -0.109. The zero-order chi connectivity index (χ0) is 16.9. The van der Waals surface area contributed by atoms with Crippen LogP contribution in [0.1, 0.15) is 18.1 Å². The lowest BCUT2D eigenvalue weighted by Crippen LogP contribution is -2.10. The molecule has 0 radical (unpaired) electrons. The molecular formula is C18H19O4P. The molecule has 0 amide bonds. The molecule has 2 aromatic carbocycles. The highest BCUT2D eigenvalue weighted by Crippen LogP contribution is 2.50. The van der Waals surface area contributed by atoms with Crippen LogP contribution < -0.4 is 9.05 Å². The third-order valence-electron chi connectivity index (χ3n) is 3.20. The molecular weight excluding hydrogens is 311 g/mol. The van der Waals surface area contributed by atoms with E-state index in [-0.39, 0.29) is 0 Å². The summed E-state index contributed by atoms with van der Waals surface area (Å²) >= 11 is 0. The maximum absolute atomic E-state index is 13.1. The Morgan fingerprint density at radius 3 is 1.74 bits per heavy atom. The highest BCUT2D eigenvalue weighted by atomic mass is 31.2. The number of rotatable bonds is 6. The minimum Gasteiger partial charge on any atom is -0.410 e. The molecule has 0 saturated heterocycles. The Balaban J connectivity index is 2.41. The molecule has 23 heavy (non-hydrogen) atoms. The van der Waals surface area contributed by atoms with E-state index in [1.165, 1.54) is 12.2 Å². The van der Waals surface area contributed by atoms with E-state index in [2.05, 4.69) is 0 Å². The van der Waals surface area contributed by atoms with Crippen LogP contribution in [0.2, 0.25) is 0 Å². The molecule has 0 fully saturated rings. The summed E-state index contributed by atoms with van der Waals surface area (Å²) in [6, 6.07) is 14.1. The molecule has 0 saturated carbocycles. The predicted molar refractivity (Wildman–Crippen MR) is 91.0 cm³/mol. The van der Waals surface area contributed by atoms with E-state index < -0.39 is 13.1 Å². The van der Waals surface area contributed by atoms with Gasteiger partial charge in [0.15, 0.2) is 0 Å². The zero-order valence-corrected chi connectivity index (χ0v) is 14.2. The first kappa shape index (κ1) is 17.0. The average Bonchev–Trinajstić information content (AvgIpc) is 2.52. The number of carbonyl (C=O) groups excluding carboxylic acids is 1. The molecule has 0 heterocycles. The predicted octanol–water partition coefficient (Wildman–Crippen LogP) is 5.06. The van der Waals surface area contributed by atoms with Gasteiger partial charge in [-0.2, -0.15) is 0 Å². The van der Waals surface area contributed by atoms with E-state index in [9.17, 15) is 9.36 Å². The van der Waals surface area contributed by atoms with Crippen LogP contribution in [0.3, 0.4) is 0 Å². The second-order valence-corrected chi connectivity index (χ2v) is 6.85. The summed E-state index contributed by atoms with van der Waals surface area (Å²) in [5.41, 5.74) is 0.857. The summed E-state index contributed by atoms with van der Waals surface area (Å²) in [5.74, 6) is 0.726. The summed E-state index contributed by atoms with van der Waals surface area (Å²) < 4.78 is 24.2. The Hall–Kier alpha value is -2.32. The molecule has 0 atom stereocenters. The number of allylic oxidation sites excluding steroid dienone is 2. The smallest absolute Gasteiger partial charge is 0.410 e. The lowest BCUT2D eigenvalue weighted by atomic mass is 10.2. The Bertz CT molecular complexity index is 729. The SMILES string of the molecule is C/C=C/C(=O)P(=O)(Oc1ccccc1C)Oc1ccccc1C. The molecule has 0 bridgehead atoms. The number of hydrogen-bond donors (Lipinski definition) is 0. The van der Waals surface area contributed by atoms with Gasteiger partial charge in [0.25, 0.3) is 5.52 Å². The van der Waals surface area contributed by atoms with Gasteiger partial charge in [-0.3, -0.25) is 4.79 Å². The van der Waals surface area contributed by atoms with E-state index >= 15 is 0 Å². The van der Waals surface area contributed by atoms with Gasteiger partial charge < -0.3 is 9.05 Å². The molecule has 4 nitrogen and oxygen atoms in total. The number of hydrogen-bond acceptors (Lipinski definition) is 4. The summed E-state index contributed by atoms with van der Waals surface area (Å²) in [6.07, 6.45) is 2.72. The molecule has 0 N–H and O–H groups in total. The maximum Gasteiger partial charge on any atom is 0.502 e. The third kappa shape index (κ3) is 4.11. The number of benzene rings is 2. The van der Waals surface area contributed by atoms with Gasteiger partial charge in [0, 0.05) is 0 Å². The maximum atomic E-state index is 13.1. The quantitative estimate of drug-likeness (QED) is 0.549. The van der Waals surface area contributed by atoms with Gasteiger partial charge in [-0.1, -0.05) is 42.5 Å². The number of aryl methyl sites for hydroxylation is 2. The minimum absolute atomic E-state index is 0.363. The molecule has 0 aliphatic rings. The summed E-state index contributed by atoms with van der Waals surface area (Å²) in [6.45, 7) is 5.30. The van der Waals surface area contributed by atoms with Crippen molar-refractivity contribution in [1.29, 1.82) is 0 Å². The summed E-state index contributed by atoms with van der Waals surface area (Å²) in [7, 11) is -4.05. The van der Waals surface area contributed by atoms with Crippen molar-refractivity contribution >= 4 is 13.1 Å². The van der Waals surface area contributed by atoms with E-state index in [0.29, 0.717) is 11.5 Å². The first-order chi connectivity index (χ1) is 11.0. The monoisotopic (exact) mass is 330 g/mol. The molecule has 2 aromatic rings. The van der Waals surface area contributed by atoms with Crippen molar-refractivity contribution < 1.29 is 18.4 Å². The van der Waals surface area contributed by atoms with Crippen LogP contribution in [-0.4, -0.2) is 5.52 Å². The second kappa shape index (κ2) is 7.30. The van der Waals surface area contributed by atoms with Crippen molar-refractivity contribution in [3.05, 3.63) is 71.8 Å². The number of para-hydroxylation sites is 2. The van der Waals surface area contributed by atoms with Crippen molar-refractivity contribution in [2.75, 3.05) is 0 Å². The largest absolute Gasteiger partial charge is 0.502 e. The van der Waals surface area contributed by atoms with E-state index in [0.717, 1.165) is 11.1 Å². The van der Waals surface area contributed by atoms with E-state index in [1.807, 2.05) is 38.1 Å². The van der Waals surface area contributed by atoms with E-state index in [4.69, 9.17) is 9.05 Å². The Labute approximate surface area is 136 Å². The fraction of sp³-hybridized carbons (Fsp3) is 0.167. The van der Waals surface area contributed by atoms with Gasteiger partial charge in [0.2, 0.25) is 0 Å². The second-order valence-electron chi connectivity index (χ2n) is 5.05. The van der Waals surface area contributed by atoms with Crippen LogP contribution in [-0.2, 0) is 9.36 Å². The van der Waals surface area contributed by atoms with Gasteiger partial charge >= 0.3 is 7.60 Å². The normalized spacial score (nSPS) is 11.4. The molecule has 120 valence electrons. The Morgan fingerprint density at radius 2 is 1.35 bits per heavy atom. The van der Waals surface area contributed by atoms with Gasteiger partial charge in [0.1, 0.15) is 11.5 Å². The number of carbonyl (C=O) groups is 1. The van der Waals surface area contributed by atoms with Crippen LogP contribution >= 0.6 is 7.60 Å². The van der Waals surface area contributed by atoms with Crippen LogP contribution in [0.15, 0.2) is 60.7 Å². The van der Waals surface area contributed by atoms with Crippen LogP contribution in [0, 0.1) is 13.8 Å². The fourth-order valence-corrected chi connectivity index (χ4v) is 3.40. The molecule has 0 aliphatic carbocycles. The third-order valence-corrected chi connectivity index (χ3v) is 4.77. The zero-order valence-electron chi connectivity index (χ0n) is 13.4. The van der Waals surface area contributed by atoms with Crippen LogP contribution in [0.25, 0.3) is 0 Å². The topological polar surface area (TPSA) is 52.6 Å². The van der Waals surface area contributed by atoms with Gasteiger partial charge in [0.05, 0.1) is 0 Å². The standard InChI is InChI=1S/C18H19O4P/c1-4-9-18(19)23(20,21-16-12-7-5-10-14(16)2)22-17-13-8-6-11-15(17)3/h4-13H,1-3H3/b9-4+.